The van der Waals surface area contributed by atoms with Crippen LogP contribution in [0.1, 0.15) is 45.4 Å². The van der Waals surface area contributed by atoms with Gasteiger partial charge in [0.1, 0.15) is 0 Å². The Bertz CT molecular complexity index is 537. The van der Waals surface area contributed by atoms with Gasteiger partial charge in [0.25, 0.3) is 0 Å². The Labute approximate surface area is 149 Å². The van der Waals surface area contributed by atoms with Crippen LogP contribution >= 0.6 is 23.8 Å². The van der Waals surface area contributed by atoms with Crippen molar-refractivity contribution < 1.29 is 0 Å². The Morgan fingerprint density at radius 2 is 1.96 bits per heavy atom. The number of halogens is 1. The highest BCUT2D eigenvalue weighted by atomic mass is 35.5. The van der Waals surface area contributed by atoms with E-state index in [4.69, 9.17) is 23.8 Å². The summed E-state index contributed by atoms with van der Waals surface area (Å²) >= 11 is 11.7. The highest BCUT2D eigenvalue weighted by molar-refractivity contribution is 7.80. The fourth-order valence-electron chi connectivity index (χ4n) is 4.13. The molecule has 2 bridgehead atoms. The van der Waals surface area contributed by atoms with Crippen molar-refractivity contribution >= 4 is 34.6 Å². The number of para-hydroxylation sites is 1. The summed E-state index contributed by atoms with van der Waals surface area (Å²) in [6.07, 6.45) is 7.68. The molecule has 3 rings (SSSR count). The number of benzene rings is 1. The molecule has 0 amide bonds. The van der Waals surface area contributed by atoms with Gasteiger partial charge in [0.2, 0.25) is 0 Å². The van der Waals surface area contributed by atoms with Crippen molar-refractivity contribution in [1.82, 2.24) is 10.2 Å². The van der Waals surface area contributed by atoms with Crippen molar-refractivity contribution in [3.63, 3.8) is 0 Å². The van der Waals surface area contributed by atoms with Gasteiger partial charge in [0.05, 0.1) is 10.7 Å². The molecule has 23 heavy (non-hydrogen) atoms. The van der Waals surface area contributed by atoms with Gasteiger partial charge in [-0.15, -0.1) is 0 Å². The van der Waals surface area contributed by atoms with Gasteiger partial charge < -0.3 is 10.6 Å². The standard InChI is InChI=1S/C18H26ClN3S/c1-2-10-22-14-6-5-7-15(22)12-13(11-14)20-18(23)21-17-9-4-3-8-16(17)19/h3-4,8-9,13-15H,2,5-7,10-12H2,1H3,(H2,20,21,23)/t14-,15-/m0/s1. The van der Waals surface area contributed by atoms with E-state index in [1.807, 2.05) is 24.3 Å². The minimum atomic E-state index is 0.473. The summed E-state index contributed by atoms with van der Waals surface area (Å²) in [4.78, 5) is 2.74. The molecular weight excluding hydrogens is 326 g/mol. The van der Waals surface area contributed by atoms with E-state index in [9.17, 15) is 0 Å². The highest BCUT2D eigenvalue weighted by Gasteiger charge is 2.37. The number of rotatable bonds is 4. The van der Waals surface area contributed by atoms with Crippen molar-refractivity contribution in [2.75, 3.05) is 11.9 Å². The summed E-state index contributed by atoms with van der Waals surface area (Å²) in [7, 11) is 0. The normalized spacial score (nSPS) is 27.5. The first-order valence-corrected chi connectivity index (χ1v) is 9.53. The molecule has 2 atom stereocenters. The SMILES string of the molecule is CCCN1[C@H]2CCC[C@H]1CC(NC(=S)Nc1ccccc1Cl)C2. The lowest BCUT2D eigenvalue weighted by molar-refractivity contribution is 0.0284. The van der Waals surface area contributed by atoms with Gasteiger partial charge in [-0.1, -0.05) is 37.1 Å². The molecule has 3 nitrogen and oxygen atoms in total. The number of hydrogen-bond acceptors (Lipinski definition) is 2. The molecule has 2 N–H and O–H groups in total. The lowest BCUT2D eigenvalue weighted by Crippen LogP contribution is -2.57. The van der Waals surface area contributed by atoms with E-state index in [1.165, 1.54) is 45.1 Å². The number of piperidine rings is 2. The van der Waals surface area contributed by atoms with Gasteiger partial charge in [-0.25, -0.2) is 0 Å². The van der Waals surface area contributed by atoms with Gasteiger partial charge in [0.15, 0.2) is 5.11 Å². The maximum atomic E-state index is 6.19. The van der Waals surface area contributed by atoms with E-state index in [-0.39, 0.29) is 0 Å². The van der Waals surface area contributed by atoms with Crippen LogP contribution in [-0.4, -0.2) is 34.7 Å². The molecule has 1 aromatic carbocycles. The van der Waals surface area contributed by atoms with E-state index in [1.54, 1.807) is 0 Å². The molecule has 2 heterocycles. The Morgan fingerprint density at radius 1 is 1.26 bits per heavy atom. The second-order valence-electron chi connectivity index (χ2n) is 6.72. The van der Waals surface area contributed by atoms with E-state index < -0.39 is 0 Å². The molecule has 1 aromatic rings. The number of hydrogen-bond donors (Lipinski definition) is 2. The molecule has 126 valence electrons. The fraction of sp³-hybridized carbons (Fsp3) is 0.611. The quantitative estimate of drug-likeness (QED) is 0.785. The molecule has 2 fully saturated rings. The second kappa shape index (κ2) is 7.82. The zero-order chi connectivity index (χ0) is 16.2. The number of nitrogens with one attached hydrogen (secondary N) is 2. The molecular formula is C18H26ClN3S. The Hall–Kier alpha value is -0.840. The first kappa shape index (κ1) is 17.0. The van der Waals surface area contributed by atoms with Crippen LogP contribution < -0.4 is 10.6 Å². The average molecular weight is 352 g/mol. The number of thiocarbonyl (C=S) groups is 1. The third-order valence-electron chi connectivity index (χ3n) is 5.06. The van der Waals surface area contributed by atoms with Crippen LogP contribution in [-0.2, 0) is 0 Å². The van der Waals surface area contributed by atoms with Gasteiger partial charge in [-0.2, -0.15) is 0 Å². The molecule has 2 aliphatic rings. The van der Waals surface area contributed by atoms with Crippen molar-refractivity contribution in [2.45, 2.75) is 63.6 Å². The fourth-order valence-corrected chi connectivity index (χ4v) is 4.59. The monoisotopic (exact) mass is 351 g/mol. The van der Waals surface area contributed by atoms with Gasteiger partial charge in [0, 0.05) is 18.1 Å². The van der Waals surface area contributed by atoms with Gasteiger partial charge in [-0.3, -0.25) is 4.90 Å². The van der Waals surface area contributed by atoms with E-state index in [2.05, 4.69) is 22.5 Å². The lowest BCUT2D eigenvalue weighted by atomic mass is 9.81. The molecule has 5 heteroatoms. The number of anilines is 1. The van der Waals surface area contributed by atoms with Crippen molar-refractivity contribution in [2.24, 2.45) is 0 Å². The van der Waals surface area contributed by atoms with E-state index >= 15 is 0 Å². The van der Waals surface area contributed by atoms with Crippen LogP contribution in [0, 0.1) is 0 Å². The topological polar surface area (TPSA) is 27.3 Å². The molecule has 0 saturated carbocycles. The Balaban J connectivity index is 1.57. The molecule has 0 aliphatic carbocycles. The molecule has 0 unspecified atom stereocenters. The van der Waals surface area contributed by atoms with Crippen molar-refractivity contribution in [3.8, 4) is 0 Å². The lowest BCUT2D eigenvalue weighted by Gasteiger charge is -2.49. The van der Waals surface area contributed by atoms with Gasteiger partial charge in [-0.05, 0) is 63.0 Å². The first-order chi connectivity index (χ1) is 11.2. The van der Waals surface area contributed by atoms with Crippen LogP contribution in [0.15, 0.2) is 24.3 Å². The number of fused-ring (bicyclic) bond motifs is 2. The second-order valence-corrected chi connectivity index (χ2v) is 7.54. The largest absolute Gasteiger partial charge is 0.360 e. The number of nitrogens with zero attached hydrogens (tertiary/aromatic N) is 1. The van der Waals surface area contributed by atoms with Crippen LogP contribution in [0.4, 0.5) is 5.69 Å². The van der Waals surface area contributed by atoms with Crippen molar-refractivity contribution in [3.05, 3.63) is 29.3 Å². The summed E-state index contributed by atoms with van der Waals surface area (Å²) in [5.41, 5.74) is 0.871. The summed E-state index contributed by atoms with van der Waals surface area (Å²) in [5, 5.41) is 8.14. The van der Waals surface area contributed by atoms with E-state index in [0.717, 1.165) is 17.8 Å². The van der Waals surface area contributed by atoms with Crippen LogP contribution in [0.25, 0.3) is 0 Å². The zero-order valence-electron chi connectivity index (χ0n) is 13.7. The van der Waals surface area contributed by atoms with Crippen LogP contribution in [0.3, 0.4) is 0 Å². The van der Waals surface area contributed by atoms with E-state index in [0.29, 0.717) is 16.2 Å². The predicted molar refractivity (Wildman–Crippen MR) is 102 cm³/mol. The maximum Gasteiger partial charge on any atom is 0.171 e. The highest BCUT2D eigenvalue weighted by Crippen LogP contribution is 2.34. The van der Waals surface area contributed by atoms with Gasteiger partial charge >= 0.3 is 0 Å². The molecule has 2 saturated heterocycles. The summed E-state index contributed by atoms with van der Waals surface area (Å²) < 4.78 is 0. The smallest absolute Gasteiger partial charge is 0.171 e. The van der Waals surface area contributed by atoms with Crippen molar-refractivity contribution in [1.29, 1.82) is 0 Å². The average Bonchev–Trinajstić information content (AvgIpc) is 2.50. The summed E-state index contributed by atoms with van der Waals surface area (Å²) in [6, 6.07) is 9.64. The predicted octanol–water partition coefficient (Wildman–Crippen LogP) is 4.42. The molecule has 0 aromatic heterocycles. The van der Waals surface area contributed by atoms with Crippen LogP contribution in [0.2, 0.25) is 5.02 Å². The maximum absolute atomic E-state index is 6.19. The summed E-state index contributed by atoms with van der Waals surface area (Å²) in [6.45, 7) is 3.52. The Kier molecular flexibility index (Phi) is 5.78. The first-order valence-electron chi connectivity index (χ1n) is 8.75. The summed E-state index contributed by atoms with van der Waals surface area (Å²) in [5.74, 6) is 0. The third-order valence-corrected chi connectivity index (χ3v) is 5.61. The van der Waals surface area contributed by atoms with Crippen LogP contribution in [0.5, 0.6) is 0 Å². The Morgan fingerprint density at radius 3 is 2.61 bits per heavy atom. The third kappa shape index (κ3) is 4.17. The molecule has 2 aliphatic heterocycles. The molecule has 0 radical (unpaired) electrons. The minimum absolute atomic E-state index is 0.473. The minimum Gasteiger partial charge on any atom is -0.360 e. The molecule has 0 spiro atoms. The zero-order valence-corrected chi connectivity index (χ0v) is 15.3.